The van der Waals surface area contributed by atoms with Crippen LogP contribution in [0.3, 0.4) is 0 Å². The number of nitrogens with two attached hydrogens (primary N) is 1. The van der Waals surface area contributed by atoms with Crippen LogP contribution in [0.25, 0.3) is 0 Å². The predicted molar refractivity (Wildman–Crippen MR) is 101 cm³/mol. The van der Waals surface area contributed by atoms with Gasteiger partial charge < -0.3 is 20.9 Å². The lowest BCUT2D eigenvalue weighted by Gasteiger charge is -2.22. The van der Waals surface area contributed by atoms with Gasteiger partial charge in [0.05, 0.1) is 5.69 Å². The molecule has 0 fully saturated rings. The molecule has 5 nitrogen and oxygen atoms in total. The van der Waals surface area contributed by atoms with Gasteiger partial charge >= 0.3 is 0 Å². The van der Waals surface area contributed by atoms with Gasteiger partial charge in [-0.2, -0.15) is 0 Å². The summed E-state index contributed by atoms with van der Waals surface area (Å²) in [5.41, 5.74) is 8.39. The number of amidine groups is 1. The Balaban J connectivity index is 2.80. The van der Waals surface area contributed by atoms with E-state index in [1.807, 2.05) is 39.0 Å². The first kappa shape index (κ1) is 19.2. The Morgan fingerprint density at radius 2 is 1.83 bits per heavy atom. The molecule has 0 aliphatic heterocycles. The largest absolute Gasteiger partial charge is 0.387 e. The lowest BCUT2D eigenvalue weighted by atomic mass is 9.88. The normalized spacial score (nSPS) is 12.6. The SMILES string of the molecule is CN(C)CCN(C)c1cccc(N=C(N)CC(=N)C(C)(C)C)c1. The molecule has 0 spiro atoms. The third kappa shape index (κ3) is 6.82. The molecule has 23 heavy (non-hydrogen) atoms. The van der Waals surface area contributed by atoms with E-state index in [-0.39, 0.29) is 5.41 Å². The zero-order chi connectivity index (χ0) is 17.6. The highest BCUT2D eigenvalue weighted by molar-refractivity contribution is 6.04. The van der Waals surface area contributed by atoms with Crippen LogP contribution >= 0.6 is 0 Å². The second-order valence-corrected chi connectivity index (χ2v) is 7.25. The second-order valence-electron chi connectivity index (χ2n) is 7.25. The van der Waals surface area contributed by atoms with Crippen LogP contribution in [0.5, 0.6) is 0 Å². The Morgan fingerprint density at radius 3 is 2.39 bits per heavy atom. The molecule has 128 valence electrons. The van der Waals surface area contributed by atoms with Gasteiger partial charge in [-0.25, -0.2) is 4.99 Å². The summed E-state index contributed by atoms with van der Waals surface area (Å²) >= 11 is 0. The fourth-order valence-electron chi connectivity index (χ4n) is 1.93. The van der Waals surface area contributed by atoms with Crippen LogP contribution in [0.15, 0.2) is 29.3 Å². The molecule has 0 aliphatic rings. The van der Waals surface area contributed by atoms with Gasteiger partial charge in [-0.15, -0.1) is 0 Å². The Bertz CT molecular complexity index is 555. The van der Waals surface area contributed by atoms with Gasteiger partial charge in [0.2, 0.25) is 0 Å². The molecule has 0 heterocycles. The van der Waals surface area contributed by atoms with Crippen LogP contribution in [0.1, 0.15) is 27.2 Å². The topological polar surface area (TPSA) is 68.7 Å². The molecule has 0 amide bonds. The van der Waals surface area contributed by atoms with E-state index in [1.165, 1.54) is 0 Å². The summed E-state index contributed by atoms with van der Waals surface area (Å²) in [6.07, 6.45) is 0.407. The Kier molecular flexibility index (Phi) is 6.76. The van der Waals surface area contributed by atoms with Gasteiger partial charge in [-0.1, -0.05) is 26.8 Å². The molecule has 1 aromatic rings. The van der Waals surface area contributed by atoms with Gasteiger partial charge in [0, 0.05) is 38.0 Å². The quantitative estimate of drug-likeness (QED) is 0.599. The summed E-state index contributed by atoms with van der Waals surface area (Å²) in [5, 5.41) is 8.07. The zero-order valence-corrected chi connectivity index (χ0v) is 15.3. The summed E-state index contributed by atoms with van der Waals surface area (Å²) in [5.74, 6) is 0.484. The van der Waals surface area contributed by atoms with Crippen molar-refractivity contribution in [2.45, 2.75) is 27.2 Å². The van der Waals surface area contributed by atoms with E-state index < -0.39 is 0 Å². The third-order valence-corrected chi connectivity index (χ3v) is 3.69. The number of aliphatic imine (C=N–C) groups is 1. The second kappa shape index (κ2) is 8.11. The first-order valence-electron chi connectivity index (χ1n) is 7.96. The minimum Gasteiger partial charge on any atom is -0.387 e. The first-order valence-corrected chi connectivity index (χ1v) is 7.96. The lowest BCUT2D eigenvalue weighted by Crippen LogP contribution is -2.28. The molecule has 3 N–H and O–H groups in total. The molecule has 1 rings (SSSR count). The van der Waals surface area contributed by atoms with Crippen molar-refractivity contribution in [1.29, 1.82) is 5.41 Å². The highest BCUT2D eigenvalue weighted by atomic mass is 15.2. The van der Waals surface area contributed by atoms with Crippen molar-refractivity contribution < 1.29 is 0 Å². The number of rotatable bonds is 7. The molecule has 0 bridgehead atoms. The van der Waals surface area contributed by atoms with Gasteiger partial charge in [0.15, 0.2) is 0 Å². The van der Waals surface area contributed by atoms with E-state index in [0.29, 0.717) is 18.0 Å². The Morgan fingerprint density at radius 1 is 1.17 bits per heavy atom. The highest BCUT2D eigenvalue weighted by Gasteiger charge is 2.17. The van der Waals surface area contributed by atoms with E-state index in [4.69, 9.17) is 11.1 Å². The smallest absolute Gasteiger partial charge is 0.105 e. The average molecular weight is 317 g/mol. The number of nitrogens with one attached hydrogen (secondary N) is 1. The van der Waals surface area contributed by atoms with Gasteiger partial charge in [-0.3, -0.25) is 0 Å². The fraction of sp³-hybridized carbons (Fsp3) is 0.556. The standard InChI is InChI=1S/C18H31N5/c1-18(2,3)16(19)13-17(20)21-14-8-7-9-15(12-14)23(6)11-10-22(4)5/h7-9,12,19H,10-11,13H2,1-6H3,(H2,20,21). The van der Waals surface area contributed by atoms with Gasteiger partial charge in [-0.05, 0) is 37.7 Å². The maximum absolute atomic E-state index is 8.07. The van der Waals surface area contributed by atoms with E-state index in [0.717, 1.165) is 24.5 Å². The van der Waals surface area contributed by atoms with Crippen molar-refractivity contribution in [2.75, 3.05) is 39.1 Å². The molecular weight excluding hydrogens is 286 g/mol. The van der Waals surface area contributed by atoms with Crippen LogP contribution in [-0.4, -0.2) is 50.7 Å². The number of benzene rings is 1. The van der Waals surface area contributed by atoms with Crippen LogP contribution in [0.4, 0.5) is 11.4 Å². The van der Waals surface area contributed by atoms with Crippen molar-refractivity contribution in [1.82, 2.24) is 4.90 Å². The number of nitrogens with zero attached hydrogens (tertiary/aromatic N) is 3. The highest BCUT2D eigenvalue weighted by Crippen LogP contribution is 2.22. The summed E-state index contributed by atoms with van der Waals surface area (Å²) < 4.78 is 0. The van der Waals surface area contributed by atoms with Gasteiger partial charge in [0.1, 0.15) is 5.84 Å². The summed E-state index contributed by atoms with van der Waals surface area (Å²) in [6, 6.07) is 8.03. The van der Waals surface area contributed by atoms with Gasteiger partial charge in [0.25, 0.3) is 0 Å². The lowest BCUT2D eigenvalue weighted by molar-refractivity contribution is 0.416. The minimum atomic E-state index is -0.172. The molecule has 5 heteroatoms. The fourth-order valence-corrected chi connectivity index (χ4v) is 1.93. The van der Waals surface area contributed by atoms with E-state index in [1.54, 1.807) is 0 Å². The molecule has 0 radical (unpaired) electrons. The van der Waals surface area contributed by atoms with E-state index >= 15 is 0 Å². The van der Waals surface area contributed by atoms with Crippen LogP contribution in [0, 0.1) is 10.8 Å². The summed E-state index contributed by atoms with van der Waals surface area (Å²) in [7, 11) is 6.21. The zero-order valence-electron chi connectivity index (χ0n) is 15.3. The molecule has 0 saturated carbocycles. The third-order valence-electron chi connectivity index (χ3n) is 3.69. The van der Waals surface area contributed by atoms with E-state index in [9.17, 15) is 0 Å². The van der Waals surface area contributed by atoms with Crippen LogP contribution in [0.2, 0.25) is 0 Å². The number of anilines is 1. The molecule has 0 unspecified atom stereocenters. The Labute approximate surface area is 140 Å². The summed E-state index contributed by atoms with van der Waals surface area (Å²) in [6.45, 7) is 7.99. The predicted octanol–water partition coefficient (Wildman–Crippen LogP) is 3.13. The maximum Gasteiger partial charge on any atom is 0.105 e. The monoisotopic (exact) mass is 317 g/mol. The van der Waals surface area contributed by atoms with Crippen LogP contribution < -0.4 is 10.6 Å². The molecule has 0 saturated heterocycles. The molecule has 0 atom stereocenters. The molecule has 0 aromatic heterocycles. The molecule has 0 aliphatic carbocycles. The number of hydrogen-bond donors (Lipinski definition) is 2. The van der Waals surface area contributed by atoms with Crippen molar-refractivity contribution in [3.8, 4) is 0 Å². The molecule has 1 aromatic carbocycles. The van der Waals surface area contributed by atoms with Crippen molar-refractivity contribution in [2.24, 2.45) is 16.1 Å². The van der Waals surface area contributed by atoms with E-state index in [2.05, 4.69) is 42.0 Å². The number of hydrogen-bond acceptors (Lipinski definition) is 4. The summed E-state index contributed by atoms with van der Waals surface area (Å²) in [4.78, 5) is 8.83. The van der Waals surface area contributed by atoms with Crippen molar-refractivity contribution in [3.05, 3.63) is 24.3 Å². The van der Waals surface area contributed by atoms with Crippen LogP contribution in [-0.2, 0) is 0 Å². The average Bonchev–Trinajstić information content (AvgIpc) is 2.43. The molecular formula is C18H31N5. The maximum atomic E-state index is 8.07. The van der Waals surface area contributed by atoms with Crippen molar-refractivity contribution in [3.63, 3.8) is 0 Å². The van der Waals surface area contributed by atoms with Crippen molar-refractivity contribution >= 4 is 22.9 Å². The number of likely N-dealkylation sites (N-methyl/N-ethyl adjacent to an activating group) is 2. The Hall–Kier alpha value is -1.88. The first-order chi connectivity index (χ1) is 10.6. The minimum absolute atomic E-state index is 0.172.